The maximum Gasteiger partial charge on any atom is 0.253 e. The molecule has 3 N–H and O–H groups in total. The summed E-state index contributed by atoms with van der Waals surface area (Å²) in [6, 6.07) is 11.6. The van der Waals surface area contributed by atoms with Crippen molar-refractivity contribution in [1.82, 2.24) is 5.32 Å². The number of rotatable bonds is 5. The zero-order valence-electron chi connectivity index (χ0n) is 11.3. The SMILES string of the molecule is CCCCCNC(=O)c1cc2ccccc2cc1N. The number of nitrogens with two attached hydrogens (primary N) is 1. The van der Waals surface area contributed by atoms with Gasteiger partial charge in [0.15, 0.2) is 0 Å². The molecule has 3 nitrogen and oxygen atoms in total. The molecule has 0 saturated carbocycles. The fraction of sp³-hybridized carbons (Fsp3) is 0.312. The molecule has 2 aromatic rings. The van der Waals surface area contributed by atoms with Gasteiger partial charge in [-0.3, -0.25) is 4.79 Å². The molecule has 0 aliphatic carbocycles. The fourth-order valence-corrected chi connectivity index (χ4v) is 2.13. The second-order valence-electron chi connectivity index (χ2n) is 4.75. The predicted molar refractivity (Wildman–Crippen MR) is 80.2 cm³/mol. The summed E-state index contributed by atoms with van der Waals surface area (Å²) < 4.78 is 0. The lowest BCUT2D eigenvalue weighted by Gasteiger charge is -2.09. The number of nitrogens with one attached hydrogen (secondary N) is 1. The van der Waals surface area contributed by atoms with Gasteiger partial charge in [-0.2, -0.15) is 0 Å². The van der Waals surface area contributed by atoms with Crippen molar-refractivity contribution in [2.45, 2.75) is 26.2 Å². The largest absolute Gasteiger partial charge is 0.398 e. The molecule has 0 radical (unpaired) electrons. The number of hydrogen-bond donors (Lipinski definition) is 2. The van der Waals surface area contributed by atoms with Crippen LogP contribution in [0.3, 0.4) is 0 Å². The quantitative estimate of drug-likeness (QED) is 0.636. The third-order valence-corrected chi connectivity index (χ3v) is 3.23. The molecule has 100 valence electrons. The topological polar surface area (TPSA) is 55.1 Å². The van der Waals surface area contributed by atoms with Gasteiger partial charge in [-0.05, 0) is 29.3 Å². The smallest absolute Gasteiger partial charge is 0.253 e. The molecule has 2 aromatic carbocycles. The van der Waals surface area contributed by atoms with Gasteiger partial charge in [0, 0.05) is 12.2 Å². The normalized spacial score (nSPS) is 10.6. The van der Waals surface area contributed by atoms with Crippen molar-refractivity contribution < 1.29 is 4.79 Å². The van der Waals surface area contributed by atoms with E-state index in [-0.39, 0.29) is 5.91 Å². The van der Waals surface area contributed by atoms with Crippen LogP contribution < -0.4 is 11.1 Å². The lowest BCUT2D eigenvalue weighted by molar-refractivity contribution is 0.0954. The van der Waals surface area contributed by atoms with Crippen LogP contribution in [0.5, 0.6) is 0 Å². The van der Waals surface area contributed by atoms with Crippen molar-refractivity contribution >= 4 is 22.4 Å². The van der Waals surface area contributed by atoms with Gasteiger partial charge < -0.3 is 11.1 Å². The third kappa shape index (κ3) is 3.25. The van der Waals surface area contributed by atoms with Crippen molar-refractivity contribution in [2.24, 2.45) is 0 Å². The third-order valence-electron chi connectivity index (χ3n) is 3.23. The van der Waals surface area contributed by atoms with Crippen molar-refractivity contribution in [3.63, 3.8) is 0 Å². The Kier molecular flexibility index (Phi) is 4.39. The number of amides is 1. The van der Waals surface area contributed by atoms with Crippen molar-refractivity contribution in [1.29, 1.82) is 0 Å². The predicted octanol–water partition coefficient (Wildman–Crippen LogP) is 3.34. The maximum absolute atomic E-state index is 12.1. The minimum Gasteiger partial charge on any atom is -0.398 e. The lowest BCUT2D eigenvalue weighted by atomic mass is 10.0. The Labute approximate surface area is 113 Å². The van der Waals surface area contributed by atoms with Gasteiger partial charge in [0.1, 0.15) is 0 Å². The second kappa shape index (κ2) is 6.23. The Bertz CT molecular complexity index is 578. The van der Waals surface area contributed by atoms with Crippen LogP contribution in [0.4, 0.5) is 5.69 Å². The lowest BCUT2D eigenvalue weighted by Crippen LogP contribution is -2.25. The molecule has 0 aliphatic rings. The van der Waals surface area contributed by atoms with Crippen LogP contribution >= 0.6 is 0 Å². The van der Waals surface area contributed by atoms with Gasteiger partial charge in [-0.15, -0.1) is 0 Å². The fourth-order valence-electron chi connectivity index (χ4n) is 2.13. The van der Waals surface area contributed by atoms with E-state index in [2.05, 4.69) is 12.2 Å². The molecule has 0 atom stereocenters. The summed E-state index contributed by atoms with van der Waals surface area (Å²) in [5.41, 5.74) is 7.06. The molecule has 0 spiro atoms. The molecule has 0 heterocycles. The molecule has 19 heavy (non-hydrogen) atoms. The molecule has 0 bridgehead atoms. The molecular weight excluding hydrogens is 236 g/mol. The van der Waals surface area contributed by atoms with Gasteiger partial charge in [-0.25, -0.2) is 0 Å². The maximum atomic E-state index is 12.1. The number of unbranched alkanes of at least 4 members (excludes halogenated alkanes) is 2. The van der Waals surface area contributed by atoms with Crippen LogP contribution in [-0.2, 0) is 0 Å². The zero-order valence-corrected chi connectivity index (χ0v) is 11.3. The van der Waals surface area contributed by atoms with Crippen LogP contribution in [0.2, 0.25) is 0 Å². The summed E-state index contributed by atoms with van der Waals surface area (Å²) in [6.45, 7) is 2.85. The first-order valence-corrected chi connectivity index (χ1v) is 6.79. The average Bonchev–Trinajstić information content (AvgIpc) is 2.42. The minimum atomic E-state index is -0.0839. The summed E-state index contributed by atoms with van der Waals surface area (Å²) in [5, 5.41) is 5.02. The van der Waals surface area contributed by atoms with E-state index in [1.807, 2.05) is 36.4 Å². The number of nitrogen functional groups attached to an aromatic ring is 1. The molecular formula is C16H20N2O. The van der Waals surface area contributed by atoms with Crippen molar-refractivity contribution in [3.05, 3.63) is 42.0 Å². The van der Waals surface area contributed by atoms with E-state index in [4.69, 9.17) is 5.73 Å². The highest BCUT2D eigenvalue weighted by Gasteiger charge is 2.10. The monoisotopic (exact) mass is 256 g/mol. The number of carbonyl (C=O) groups excluding carboxylic acids is 1. The molecule has 3 heteroatoms. The van der Waals surface area contributed by atoms with E-state index >= 15 is 0 Å². The van der Waals surface area contributed by atoms with Crippen molar-refractivity contribution in [3.8, 4) is 0 Å². The summed E-state index contributed by atoms with van der Waals surface area (Å²) in [4.78, 5) is 12.1. The van der Waals surface area contributed by atoms with E-state index in [9.17, 15) is 4.79 Å². The molecule has 0 aliphatic heterocycles. The molecule has 0 unspecified atom stereocenters. The molecule has 0 fully saturated rings. The van der Waals surface area contributed by atoms with Crippen LogP contribution in [0.15, 0.2) is 36.4 Å². The Balaban J connectivity index is 2.15. The zero-order chi connectivity index (χ0) is 13.7. The number of anilines is 1. The first-order valence-electron chi connectivity index (χ1n) is 6.79. The number of carbonyl (C=O) groups is 1. The Morgan fingerprint density at radius 3 is 2.53 bits per heavy atom. The van der Waals surface area contributed by atoms with E-state index in [0.717, 1.165) is 30.0 Å². The van der Waals surface area contributed by atoms with E-state index in [1.165, 1.54) is 0 Å². The van der Waals surface area contributed by atoms with Crippen LogP contribution in [0, 0.1) is 0 Å². The van der Waals surface area contributed by atoms with Gasteiger partial charge in [0.2, 0.25) is 0 Å². The van der Waals surface area contributed by atoms with E-state index in [0.29, 0.717) is 17.8 Å². The number of fused-ring (bicyclic) bond motifs is 1. The number of hydrogen-bond acceptors (Lipinski definition) is 2. The standard InChI is InChI=1S/C16H20N2O/c1-2-3-6-9-18-16(19)14-10-12-7-4-5-8-13(12)11-15(14)17/h4-5,7-8,10-11H,2-3,6,9,17H2,1H3,(H,18,19). The van der Waals surface area contributed by atoms with E-state index in [1.54, 1.807) is 0 Å². The highest BCUT2D eigenvalue weighted by atomic mass is 16.1. The Hall–Kier alpha value is -2.03. The Morgan fingerprint density at radius 2 is 1.84 bits per heavy atom. The molecule has 2 rings (SSSR count). The highest BCUT2D eigenvalue weighted by Crippen LogP contribution is 2.21. The van der Waals surface area contributed by atoms with Gasteiger partial charge >= 0.3 is 0 Å². The van der Waals surface area contributed by atoms with Crippen molar-refractivity contribution in [2.75, 3.05) is 12.3 Å². The average molecular weight is 256 g/mol. The summed E-state index contributed by atoms with van der Waals surface area (Å²) in [5.74, 6) is -0.0839. The summed E-state index contributed by atoms with van der Waals surface area (Å²) >= 11 is 0. The van der Waals surface area contributed by atoms with Crippen LogP contribution in [0.25, 0.3) is 10.8 Å². The minimum absolute atomic E-state index is 0.0839. The molecule has 0 aromatic heterocycles. The van der Waals surface area contributed by atoms with Gasteiger partial charge in [-0.1, -0.05) is 44.0 Å². The highest BCUT2D eigenvalue weighted by molar-refractivity contribution is 6.03. The first-order chi connectivity index (χ1) is 9.22. The van der Waals surface area contributed by atoms with E-state index < -0.39 is 0 Å². The summed E-state index contributed by atoms with van der Waals surface area (Å²) in [6.07, 6.45) is 3.29. The Morgan fingerprint density at radius 1 is 1.16 bits per heavy atom. The van der Waals surface area contributed by atoms with Crippen LogP contribution in [-0.4, -0.2) is 12.5 Å². The molecule has 1 amide bonds. The summed E-state index contributed by atoms with van der Waals surface area (Å²) in [7, 11) is 0. The molecule has 0 saturated heterocycles. The van der Waals surface area contributed by atoms with Gasteiger partial charge in [0.25, 0.3) is 5.91 Å². The number of benzene rings is 2. The first kappa shape index (κ1) is 13.4. The van der Waals surface area contributed by atoms with Crippen LogP contribution in [0.1, 0.15) is 36.5 Å². The second-order valence-corrected chi connectivity index (χ2v) is 4.75. The van der Waals surface area contributed by atoms with Gasteiger partial charge in [0.05, 0.1) is 5.56 Å².